The molecule has 3 aromatic rings. The lowest BCUT2D eigenvalue weighted by atomic mass is 10.2. The zero-order chi connectivity index (χ0) is 15.4. The number of aromatic nitrogens is 5. The number of methoxy groups -OCH3 is 1. The first-order valence-corrected chi connectivity index (χ1v) is 7.59. The minimum absolute atomic E-state index is 0.106. The maximum atomic E-state index is 9.44. The summed E-state index contributed by atoms with van der Waals surface area (Å²) in [6.07, 6.45) is 4.78. The Bertz CT molecular complexity index is 742. The summed E-state index contributed by atoms with van der Waals surface area (Å²) in [5.74, 6) is 1.57. The molecule has 0 unspecified atom stereocenters. The number of imidazole rings is 1. The third kappa shape index (κ3) is 2.97. The van der Waals surface area contributed by atoms with Crippen LogP contribution in [0.2, 0.25) is 0 Å². The molecule has 7 nitrogen and oxygen atoms in total. The average Bonchev–Trinajstić information content (AvgIpc) is 3.21. The molecule has 2 aromatic heterocycles. The third-order valence-electron chi connectivity index (χ3n) is 3.08. The molecule has 0 radical (unpaired) electrons. The molecular formula is C14H15N5O2S. The lowest BCUT2D eigenvalue weighted by molar-refractivity contribution is 0.266. The first kappa shape index (κ1) is 14.6. The number of thioether (sulfide) groups is 1. The molecule has 0 fully saturated rings. The second kappa shape index (κ2) is 6.63. The van der Waals surface area contributed by atoms with Crippen LogP contribution in [0.3, 0.4) is 0 Å². The molecule has 0 saturated heterocycles. The van der Waals surface area contributed by atoms with Crippen molar-refractivity contribution >= 4 is 11.8 Å². The number of ether oxygens (including phenoxy) is 1. The van der Waals surface area contributed by atoms with Gasteiger partial charge in [-0.3, -0.25) is 0 Å². The zero-order valence-corrected chi connectivity index (χ0v) is 12.8. The van der Waals surface area contributed by atoms with E-state index in [-0.39, 0.29) is 6.61 Å². The number of aliphatic hydroxyl groups is 1. The standard InChI is InChI=1S/C14H15N5O2S/c1-21-13-4-2-3-11(5-13)8-22-14-15-6-12(7-20)19(14)18-9-16-17-10-18/h2-6,9-10,20H,7-8H2,1H3. The summed E-state index contributed by atoms with van der Waals surface area (Å²) in [5.41, 5.74) is 1.81. The van der Waals surface area contributed by atoms with Crippen LogP contribution in [0.4, 0.5) is 0 Å². The molecule has 8 heteroatoms. The van der Waals surface area contributed by atoms with E-state index in [9.17, 15) is 5.11 Å². The fourth-order valence-electron chi connectivity index (χ4n) is 2.02. The van der Waals surface area contributed by atoms with Crippen molar-refractivity contribution in [3.05, 3.63) is 54.4 Å². The van der Waals surface area contributed by atoms with Crippen LogP contribution in [0.25, 0.3) is 0 Å². The number of benzene rings is 1. The molecule has 1 aromatic carbocycles. The van der Waals surface area contributed by atoms with Gasteiger partial charge in [0.15, 0.2) is 5.16 Å². The predicted octanol–water partition coefficient (Wildman–Crippen LogP) is 1.58. The van der Waals surface area contributed by atoms with Gasteiger partial charge in [-0.25, -0.2) is 14.3 Å². The predicted molar refractivity (Wildman–Crippen MR) is 81.5 cm³/mol. The molecule has 3 rings (SSSR count). The Balaban J connectivity index is 1.82. The fourth-order valence-corrected chi connectivity index (χ4v) is 2.96. The van der Waals surface area contributed by atoms with Crippen LogP contribution < -0.4 is 4.74 Å². The van der Waals surface area contributed by atoms with Crippen molar-refractivity contribution in [2.75, 3.05) is 7.11 Å². The Labute approximate surface area is 131 Å². The Hall–Kier alpha value is -2.32. The van der Waals surface area contributed by atoms with Gasteiger partial charge < -0.3 is 9.84 Å². The summed E-state index contributed by atoms with van der Waals surface area (Å²) in [6.45, 7) is -0.106. The molecule has 0 atom stereocenters. The minimum atomic E-state index is -0.106. The fraction of sp³-hybridized carbons (Fsp3) is 0.214. The van der Waals surface area contributed by atoms with E-state index in [1.807, 2.05) is 24.3 Å². The summed E-state index contributed by atoms with van der Waals surface area (Å²) < 4.78 is 8.70. The Morgan fingerprint density at radius 1 is 1.27 bits per heavy atom. The van der Waals surface area contributed by atoms with Gasteiger partial charge in [0.25, 0.3) is 0 Å². The van der Waals surface area contributed by atoms with E-state index in [0.717, 1.165) is 22.2 Å². The Morgan fingerprint density at radius 3 is 2.82 bits per heavy atom. The third-order valence-corrected chi connectivity index (χ3v) is 4.09. The van der Waals surface area contributed by atoms with Crippen LogP contribution in [0.1, 0.15) is 11.3 Å². The minimum Gasteiger partial charge on any atom is -0.497 e. The number of aliphatic hydroxyl groups excluding tert-OH is 1. The van der Waals surface area contributed by atoms with Crippen molar-refractivity contribution in [3.63, 3.8) is 0 Å². The molecule has 0 spiro atoms. The first-order chi connectivity index (χ1) is 10.8. The second-order valence-corrected chi connectivity index (χ2v) is 5.43. The van der Waals surface area contributed by atoms with Crippen LogP contribution in [-0.2, 0) is 12.4 Å². The molecule has 1 N–H and O–H groups in total. The number of nitrogens with zero attached hydrogens (tertiary/aromatic N) is 5. The molecule has 22 heavy (non-hydrogen) atoms. The highest BCUT2D eigenvalue weighted by Crippen LogP contribution is 2.24. The van der Waals surface area contributed by atoms with Gasteiger partial charge in [-0.05, 0) is 17.7 Å². The van der Waals surface area contributed by atoms with Gasteiger partial charge in [0.05, 0.1) is 25.6 Å². The lowest BCUT2D eigenvalue weighted by Crippen LogP contribution is -2.12. The molecular weight excluding hydrogens is 302 g/mol. The van der Waals surface area contributed by atoms with E-state index >= 15 is 0 Å². The molecule has 114 valence electrons. The van der Waals surface area contributed by atoms with Crippen LogP contribution in [0, 0.1) is 0 Å². The van der Waals surface area contributed by atoms with Gasteiger partial charge in [0.2, 0.25) is 0 Å². The van der Waals surface area contributed by atoms with Crippen molar-refractivity contribution in [1.29, 1.82) is 0 Å². The summed E-state index contributed by atoms with van der Waals surface area (Å²) >= 11 is 1.56. The zero-order valence-electron chi connectivity index (χ0n) is 12.0. The first-order valence-electron chi connectivity index (χ1n) is 6.60. The molecule has 0 bridgehead atoms. The van der Waals surface area contributed by atoms with E-state index < -0.39 is 0 Å². The largest absolute Gasteiger partial charge is 0.497 e. The topological polar surface area (TPSA) is 78.0 Å². The Kier molecular flexibility index (Phi) is 4.40. The monoisotopic (exact) mass is 317 g/mol. The van der Waals surface area contributed by atoms with Crippen LogP contribution >= 0.6 is 11.8 Å². The van der Waals surface area contributed by atoms with Gasteiger partial charge in [-0.15, -0.1) is 10.2 Å². The van der Waals surface area contributed by atoms with Gasteiger partial charge in [0.1, 0.15) is 18.4 Å². The van der Waals surface area contributed by atoms with E-state index in [2.05, 4.69) is 15.2 Å². The van der Waals surface area contributed by atoms with Crippen molar-refractivity contribution < 1.29 is 9.84 Å². The van der Waals surface area contributed by atoms with E-state index in [0.29, 0.717) is 5.69 Å². The Morgan fingerprint density at radius 2 is 2.09 bits per heavy atom. The average molecular weight is 317 g/mol. The van der Waals surface area contributed by atoms with Crippen LogP contribution in [-0.4, -0.2) is 36.7 Å². The normalized spacial score (nSPS) is 10.8. The molecule has 2 heterocycles. The van der Waals surface area contributed by atoms with Crippen molar-refractivity contribution in [2.45, 2.75) is 17.5 Å². The van der Waals surface area contributed by atoms with Gasteiger partial charge in [0, 0.05) is 5.75 Å². The summed E-state index contributed by atoms with van der Waals surface area (Å²) in [5, 5.41) is 17.8. The lowest BCUT2D eigenvalue weighted by Gasteiger charge is -2.10. The second-order valence-electron chi connectivity index (χ2n) is 4.48. The summed E-state index contributed by atoms with van der Waals surface area (Å²) in [7, 11) is 1.65. The maximum absolute atomic E-state index is 9.44. The van der Waals surface area contributed by atoms with Crippen molar-refractivity contribution in [2.24, 2.45) is 0 Å². The van der Waals surface area contributed by atoms with Crippen LogP contribution in [0.5, 0.6) is 5.75 Å². The highest BCUT2D eigenvalue weighted by Gasteiger charge is 2.12. The van der Waals surface area contributed by atoms with Crippen molar-refractivity contribution in [1.82, 2.24) is 24.5 Å². The highest BCUT2D eigenvalue weighted by molar-refractivity contribution is 7.98. The quantitative estimate of drug-likeness (QED) is 0.696. The smallest absolute Gasteiger partial charge is 0.188 e. The van der Waals surface area contributed by atoms with E-state index in [1.54, 1.807) is 47.1 Å². The molecule has 0 amide bonds. The number of rotatable bonds is 6. The van der Waals surface area contributed by atoms with Crippen molar-refractivity contribution in [3.8, 4) is 5.75 Å². The highest BCUT2D eigenvalue weighted by atomic mass is 32.2. The molecule has 0 aliphatic heterocycles. The molecule has 0 aliphatic carbocycles. The van der Waals surface area contributed by atoms with Gasteiger partial charge in [-0.1, -0.05) is 23.9 Å². The van der Waals surface area contributed by atoms with E-state index in [4.69, 9.17) is 4.74 Å². The SMILES string of the molecule is COc1cccc(CSc2ncc(CO)n2-n2cnnc2)c1. The van der Waals surface area contributed by atoms with E-state index in [1.165, 1.54) is 0 Å². The maximum Gasteiger partial charge on any atom is 0.188 e. The van der Waals surface area contributed by atoms with Gasteiger partial charge >= 0.3 is 0 Å². The van der Waals surface area contributed by atoms with Gasteiger partial charge in [-0.2, -0.15) is 0 Å². The molecule has 0 saturated carbocycles. The van der Waals surface area contributed by atoms with Crippen LogP contribution in [0.15, 0.2) is 48.3 Å². The summed E-state index contributed by atoms with van der Waals surface area (Å²) in [6, 6.07) is 7.90. The summed E-state index contributed by atoms with van der Waals surface area (Å²) in [4.78, 5) is 4.36. The molecule has 0 aliphatic rings. The number of hydrogen-bond acceptors (Lipinski definition) is 6. The number of hydrogen-bond donors (Lipinski definition) is 1.